The minimum absolute atomic E-state index is 0.0263. The van der Waals surface area contributed by atoms with Gasteiger partial charge in [-0.15, -0.1) is 0 Å². The van der Waals surface area contributed by atoms with Gasteiger partial charge in [0, 0.05) is 47.2 Å². The van der Waals surface area contributed by atoms with Crippen molar-refractivity contribution < 1.29 is 14.7 Å². The van der Waals surface area contributed by atoms with Crippen LogP contribution in [0.5, 0.6) is 0 Å². The number of carbonyl (C=O) groups excluding carboxylic acids is 1. The first-order chi connectivity index (χ1) is 15.3. The van der Waals surface area contributed by atoms with Gasteiger partial charge >= 0.3 is 12.0 Å². The Hall–Kier alpha value is -1.99. The van der Waals surface area contributed by atoms with Crippen molar-refractivity contribution >= 4 is 46.8 Å². The standard InChI is InChI=1S/C23H28Cl3N3O3/c1-16(19-6-2-3-7-20(19)25)29(12-4-8-22(30)31)13-5-11-27-23(32)28-15-17-9-10-18(24)14-21(17)26/h2-3,6-7,9-10,14,16H,4-5,8,11-13,15H2,1H3,(H,30,31)(H2,27,28,32). The Morgan fingerprint density at radius 3 is 2.41 bits per heavy atom. The zero-order valence-corrected chi connectivity index (χ0v) is 20.2. The molecular formula is C23H28Cl3N3O3. The van der Waals surface area contributed by atoms with E-state index in [9.17, 15) is 9.59 Å². The minimum Gasteiger partial charge on any atom is -0.481 e. The fraction of sp³-hybridized carbons (Fsp3) is 0.391. The Kier molecular flexibility index (Phi) is 11.1. The molecule has 2 aromatic rings. The van der Waals surface area contributed by atoms with Crippen LogP contribution in [0.2, 0.25) is 15.1 Å². The van der Waals surface area contributed by atoms with Gasteiger partial charge in [-0.05, 0) is 55.6 Å². The van der Waals surface area contributed by atoms with E-state index in [4.69, 9.17) is 39.9 Å². The number of nitrogens with zero attached hydrogens (tertiary/aromatic N) is 1. The Morgan fingerprint density at radius 1 is 1.00 bits per heavy atom. The molecule has 0 spiro atoms. The number of aliphatic carboxylic acids is 1. The predicted octanol–water partition coefficient (Wildman–Crippen LogP) is 5.76. The number of carbonyl (C=O) groups is 2. The highest BCUT2D eigenvalue weighted by Gasteiger charge is 2.18. The van der Waals surface area contributed by atoms with Crippen molar-refractivity contribution in [3.63, 3.8) is 0 Å². The van der Waals surface area contributed by atoms with E-state index in [1.807, 2.05) is 24.3 Å². The molecule has 0 radical (unpaired) electrons. The van der Waals surface area contributed by atoms with Crippen LogP contribution >= 0.6 is 34.8 Å². The van der Waals surface area contributed by atoms with Gasteiger partial charge in [-0.1, -0.05) is 59.1 Å². The Balaban J connectivity index is 1.82. The summed E-state index contributed by atoms with van der Waals surface area (Å²) in [5.74, 6) is -0.811. The molecule has 2 amide bonds. The summed E-state index contributed by atoms with van der Waals surface area (Å²) in [6.45, 7) is 4.14. The molecule has 0 bridgehead atoms. The van der Waals surface area contributed by atoms with Crippen molar-refractivity contribution in [1.29, 1.82) is 0 Å². The summed E-state index contributed by atoms with van der Waals surface area (Å²) in [7, 11) is 0. The Bertz CT molecular complexity index is 911. The molecule has 0 heterocycles. The first-order valence-corrected chi connectivity index (χ1v) is 11.6. The quantitative estimate of drug-likeness (QED) is 0.323. The molecule has 0 aromatic heterocycles. The number of hydrogen-bond donors (Lipinski definition) is 3. The Labute approximate surface area is 203 Å². The molecule has 1 atom stereocenters. The molecule has 174 valence electrons. The maximum atomic E-state index is 12.1. The van der Waals surface area contributed by atoms with E-state index >= 15 is 0 Å². The normalized spacial score (nSPS) is 11.9. The lowest BCUT2D eigenvalue weighted by Crippen LogP contribution is -2.37. The number of urea groups is 1. The molecule has 32 heavy (non-hydrogen) atoms. The maximum Gasteiger partial charge on any atom is 0.315 e. The number of nitrogens with one attached hydrogen (secondary N) is 2. The third-order valence-electron chi connectivity index (χ3n) is 5.10. The molecule has 1 unspecified atom stereocenters. The van der Waals surface area contributed by atoms with Gasteiger partial charge in [-0.25, -0.2) is 4.79 Å². The second-order valence-electron chi connectivity index (χ2n) is 7.43. The second kappa shape index (κ2) is 13.5. The lowest BCUT2D eigenvalue weighted by atomic mass is 10.1. The van der Waals surface area contributed by atoms with Crippen LogP contribution in [0.15, 0.2) is 42.5 Å². The summed E-state index contributed by atoms with van der Waals surface area (Å²) < 4.78 is 0. The first kappa shape index (κ1) is 26.3. The molecule has 2 rings (SSSR count). The van der Waals surface area contributed by atoms with Gasteiger partial charge in [0.05, 0.1) is 0 Å². The zero-order chi connectivity index (χ0) is 23.5. The van der Waals surface area contributed by atoms with Gasteiger partial charge in [0.15, 0.2) is 0 Å². The molecule has 6 nitrogen and oxygen atoms in total. The first-order valence-electron chi connectivity index (χ1n) is 10.4. The minimum atomic E-state index is -0.811. The molecule has 3 N–H and O–H groups in total. The van der Waals surface area contributed by atoms with Gasteiger partial charge in [0.1, 0.15) is 0 Å². The molecule has 0 aliphatic carbocycles. The molecule has 9 heteroatoms. The molecule has 0 aliphatic rings. The van der Waals surface area contributed by atoms with Crippen molar-refractivity contribution in [2.75, 3.05) is 19.6 Å². The number of hydrogen-bond acceptors (Lipinski definition) is 3. The van der Waals surface area contributed by atoms with Gasteiger partial charge < -0.3 is 15.7 Å². The summed E-state index contributed by atoms with van der Waals surface area (Å²) in [6, 6.07) is 12.5. The summed E-state index contributed by atoms with van der Waals surface area (Å²) in [6.07, 6.45) is 1.36. The number of carboxylic acid groups (broad SMARTS) is 1. The molecule has 0 saturated carbocycles. The fourth-order valence-electron chi connectivity index (χ4n) is 3.33. The van der Waals surface area contributed by atoms with E-state index in [1.165, 1.54) is 0 Å². The van der Waals surface area contributed by atoms with Gasteiger partial charge in [-0.3, -0.25) is 9.69 Å². The van der Waals surface area contributed by atoms with Crippen molar-refractivity contribution in [2.24, 2.45) is 0 Å². The summed E-state index contributed by atoms with van der Waals surface area (Å²) in [4.78, 5) is 25.2. The maximum absolute atomic E-state index is 12.1. The van der Waals surface area contributed by atoms with Crippen LogP contribution in [0, 0.1) is 0 Å². The third-order valence-corrected chi connectivity index (χ3v) is 6.03. The van der Waals surface area contributed by atoms with Crippen LogP contribution in [0.3, 0.4) is 0 Å². The van der Waals surface area contributed by atoms with Crippen LogP contribution in [0.4, 0.5) is 4.79 Å². The van der Waals surface area contributed by atoms with Crippen LogP contribution in [-0.2, 0) is 11.3 Å². The lowest BCUT2D eigenvalue weighted by Gasteiger charge is -2.30. The van der Waals surface area contributed by atoms with Crippen LogP contribution < -0.4 is 10.6 Å². The van der Waals surface area contributed by atoms with Crippen molar-refractivity contribution in [3.8, 4) is 0 Å². The summed E-state index contributed by atoms with van der Waals surface area (Å²) in [5, 5.41) is 16.3. The number of carboxylic acids is 1. The van der Waals surface area contributed by atoms with Crippen LogP contribution in [0.25, 0.3) is 0 Å². The van der Waals surface area contributed by atoms with E-state index in [0.717, 1.165) is 11.1 Å². The predicted molar refractivity (Wildman–Crippen MR) is 130 cm³/mol. The molecule has 0 aliphatic heterocycles. The second-order valence-corrected chi connectivity index (χ2v) is 8.68. The SMILES string of the molecule is CC(c1ccccc1Cl)N(CCCNC(=O)NCc1ccc(Cl)cc1Cl)CCCC(=O)O. The lowest BCUT2D eigenvalue weighted by molar-refractivity contribution is -0.137. The van der Waals surface area contributed by atoms with Gasteiger partial charge in [0.25, 0.3) is 0 Å². The van der Waals surface area contributed by atoms with Gasteiger partial charge in [-0.2, -0.15) is 0 Å². The molecular weight excluding hydrogens is 473 g/mol. The van der Waals surface area contributed by atoms with Crippen LogP contribution in [-0.4, -0.2) is 41.6 Å². The number of amides is 2. The highest BCUT2D eigenvalue weighted by atomic mass is 35.5. The fourth-order valence-corrected chi connectivity index (χ4v) is 4.10. The van der Waals surface area contributed by atoms with Crippen molar-refractivity contribution in [3.05, 3.63) is 68.7 Å². The largest absolute Gasteiger partial charge is 0.481 e. The van der Waals surface area contributed by atoms with E-state index in [0.29, 0.717) is 54.1 Å². The molecule has 0 saturated heterocycles. The number of rotatable bonds is 12. The Morgan fingerprint density at radius 2 is 1.72 bits per heavy atom. The number of benzene rings is 2. The highest BCUT2D eigenvalue weighted by Crippen LogP contribution is 2.27. The summed E-state index contributed by atoms with van der Waals surface area (Å²) >= 11 is 18.4. The number of halogens is 3. The summed E-state index contributed by atoms with van der Waals surface area (Å²) in [5.41, 5.74) is 1.78. The van der Waals surface area contributed by atoms with E-state index < -0.39 is 5.97 Å². The van der Waals surface area contributed by atoms with E-state index in [1.54, 1.807) is 18.2 Å². The van der Waals surface area contributed by atoms with E-state index in [2.05, 4.69) is 22.5 Å². The average molecular weight is 501 g/mol. The monoisotopic (exact) mass is 499 g/mol. The van der Waals surface area contributed by atoms with Crippen molar-refractivity contribution in [2.45, 2.75) is 38.8 Å². The average Bonchev–Trinajstić information content (AvgIpc) is 2.74. The third kappa shape index (κ3) is 8.87. The van der Waals surface area contributed by atoms with Crippen molar-refractivity contribution in [1.82, 2.24) is 15.5 Å². The topological polar surface area (TPSA) is 81.7 Å². The smallest absolute Gasteiger partial charge is 0.315 e. The highest BCUT2D eigenvalue weighted by molar-refractivity contribution is 6.35. The van der Waals surface area contributed by atoms with Gasteiger partial charge in [0.2, 0.25) is 0 Å². The van der Waals surface area contributed by atoms with Crippen LogP contribution in [0.1, 0.15) is 43.4 Å². The molecule has 2 aromatic carbocycles. The van der Waals surface area contributed by atoms with E-state index in [-0.39, 0.29) is 18.5 Å². The molecule has 0 fully saturated rings. The zero-order valence-electron chi connectivity index (χ0n) is 17.9.